The summed E-state index contributed by atoms with van der Waals surface area (Å²) in [6.45, 7) is 3.92. The molecule has 0 fully saturated rings. The van der Waals surface area contributed by atoms with Crippen LogP contribution in [-0.2, 0) is 14.1 Å². The van der Waals surface area contributed by atoms with Crippen LogP contribution in [0.25, 0.3) is 22.2 Å². The number of carbonyl (C=O) groups excluding carboxylic acids is 1. The Balaban J connectivity index is 1.60. The number of carbonyl (C=O) groups is 1. The molecular weight excluding hydrogens is 328 g/mol. The molecule has 0 saturated heterocycles. The summed E-state index contributed by atoms with van der Waals surface area (Å²) in [4.78, 5) is 12.6. The number of aromatic nitrogens is 5. The minimum Gasteiger partial charge on any atom is -0.350 e. The number of fused-ring (bicyclic) bond motifs is 1. The summed E-state index contributed by atoms with van der Waals surface area (Å²) < 4.78 is 3.83. The van der Waals surface area contributed by atoms with E-state index in [2.05, 4.69) is 20.6 Å². The van der Waals surface area contributed by atoms with E-state index in [-0.39, 0.29) is 5.91 Å². The Morgan fingerprint density at radius 3 is 2.69 bits per heavy atom. The maximum Gasteiger partial charge on any atom is 0.273 e. The van der Waals surface area contributed by atoms with Gasteiger partial charge in [-0.25, -0.2) is 0 Å². The monoisotopic (exact) mass is 348 g/mol. The SMILES string of the molecule is Cc1nn(C)c(C)c1-c1cc(C(=O)Nc2ccc3ccn(C)c3c2)[nH]n1. The minimum absolute atomic E-state index is 0.225. The molecule has 3 aromatic heterocycles. The molecule has 26 heavy (non-hydrogen) atoms. The van der Waals surface area contributed by atoms with Gasteiger partial charge in [0.25, 0.3) is 5.91 Å². The predicted octanol–water partition coefficient (Wildman–Crippen LogP) is 3.17. The average Bonchev–Trinajstić information content (AvgIpc) is 3.28. The zero-order valence-corrected chi connectivity index (χ0v) is 15.2. The first-order valence-corrected chi connectivity index (χ1v) is 8.36. The van der Waals surface area contributed by atoms with Crippen molar-refractivity contribution in [3.05, 3.63) is 53.6 Å². The molecule has 0 unspecified atom stereocenters. The van der Waals surface area contributed by atoms with Crippen LogP contribution in [0.1, 0.15) is 21.9 Å². The third kappa shape index (κ3) is 2.57. The third-order valence-electron chi connectivity index (χ3n) is 4.73. The van der Waals surface area contributed by atoms with Gasteiger partial charge < -0.3 is 9.88 Å². The molecule has 7 heteroatoms. The first-order valence-electron chi connectivity index (χ1n) is 8.36. The highest BCUT2D eigenvalue weighted by Crippen LogP contribution is 2.25. The second kappa shape index (κ2) is 5.87. The van der Waals surface area contributed by atoms with Crippen LogP contribution in [0.5, 0.6) is 0 Å². The molecule has 1 amide bonds. The largest absolute Gasteiger partial charge is 0.350 e. The molecule has 7 nitrogen and oxygen atoms in total. The van der Waals surface area contributed by atoms with Crippen molar-refractivity contribution in [1.29, 1.82) is 0 Å². The first kappa shape index (κ1) is 16.1. The smallest absolute Gasteiger partial charge is 0.273 e. The summed E-state index contributed by atoms with van der Waals surface area (Å²) in [5.41, 5.74) is 5.79. The molecule has 0 spiro atoms. The van der Waals surface area contributed by atoms with Crippen LogP contribution in [-0.4, -0.2) is 30.5 Å². The maximum atomic E-state index is 12.6. The third-order valence-corrected chi connectivity index (χ3v) is 4.73. The number of nitrogens with one attached hydrogen (secondary N) is 2. The van der Waals surface area contributed by atoms with Crippen molar-refractivity contribution in [1.82, 2.24) is 24.5 Å². The molecule has 0 saturated carbocycles. The summed E-state index contributed by atoms with van der Waals surface area (Å²) in [5, 5.41) is 15.6. The van der Waals surface area contributed by atoms with Gasteiger partial charge in [-0.3, -0.25) is 14.6 Å². The summed E-state index contributed by atoms with van der Waals surface area (Å²) in [5.74, 6) is -0.225. The number of benzene rings is 1. The van der Waals surface area contributed by atoms with E-state index in [1.54, 1.807) is 6.07 Å². The molecule has 3 heterocycles. The second-order valence-electron chi connectivity index (χ2n) is 6.49. The molecule has 0 aliphatic rings. The molecular formula is C19H20N6O. The van der Waals surface area contributed by atoms with E-state index >= 15 is 0 Å². The van der Waals surface area contributed by atoms with Gasteiger partial charge in [-0.05, 0) is 43.5 Å². The second-order valence-corrected chi connectivity index (χ2v) is 6.49. The number of aryl methyl sites for hydroxylation is 3. The Kier molecular flexibility index (Phi) is 3.64. The average molecular weight is 348 g/mol. The molecule has 4 aromatic rings. The Bertz CT molecular complexity index is 1130. The van der Waals surface area contributed by atoms with Crippen molar-refractivity contribution >= 4 is 22.5 Å². The van der Waals surface area contributed by atoms with Gasteiger partial charge in [-0.15, -0.1) is 0 Å². The lowest BCUT2D eigenvalue weighted by Gasteiger charge is -2.04. The summed E-state index contributed by atoms with van der Waals surface area (Å²) in [6, 6.07) is 9.65. The molecule has 0 aliphatic heterocycles. The van der Waals surface area contributed by atoms with Gasteiger partial charge in [-0.1, -0.05) is 6.07 Å². The van der Waals surface area contributed by atoms with E-state index in [1.807, 2.05) is 67.7 Å². The van der Waals surface area contributed by atoms with Crippen LogP contribution >= 0.6 is 0 Å². The van der Waals surface area contributed by atoms with Gasteiger partial charge in [0.1, 0.15) is 5.69 Å². The van der Waals surface area contributed by atoms with E-state index in [1.165, 1.54) is 0 Å². The lowest BCUT2D eigenvalue weighted by molar-refractivity contribution is 0.102. The Morgan fingerprint density at radius 1 is 1.15 bits per heavy atom. The van der Waals surface area contributed by atoms with Gasteiger partial charge in [0.15, 0.2) is 0 Å². The van der Waals surface area contributed by atoms with Crippen LogP contribution in [0.15, 0.2) is 36.5 Å². The number of hydrogen-bond acceptors (Lipinski definition) is 3. The van der Waals surface area contributed by atoms with Gasteiger partial charge in [0.2, 0.25) is 0 Å². The predicted molar refractivity (Wildman–Crippen MR) is 101 cm³/mol. The Morgan fingerprint density at radius 2 is 1.96 bits per heavy atom. The van der Waals surface area contributed by atoms with Crippen molar-refractivity contribution in [3.8, 4) is 11.3 Å². The summed E-state index contributed by atoms with van der Waals surface area (Å²) >= 11 is 0. The highest BCUT2D eigenvalue weighted by Gasteiger charge is 2.17. The molecule has 0 aliphatic carbocycles. The fourth-order valence-electron chi connectivity index (χ4n) is 3.25. The normalized spacial score (nSPS) is 11.2. The van der Waals surface area contributed by atoms with Gasteiger partial charge in [-0.2, -0.15) is 10.2 Å². The number of H-pyrrole nitrogens is 1. The Hall–Kier alpha value is -3.35. The van der Waals surface area contributed by atoms with Gasteiger partial charge >= 0.3 is 0 Å². The van der Waals surface area contributed by atoms with Crippen LogP contribution in [0, 0.1) is 13.8 Å². The Labute approximate surface area is 150 Å². The summed E-state index contributed by atoms with van der Waals surface area (Å²) in [6.07, 6.45) is 2.00. The van der Waals surface area contributed by atoms with Crippen LogP contribution in [0.2, 0.25) is 0 Å². The molecule has 132 valence electrons. The number of aromatic amines is 1. The van der Waals surface area contributed by atoms with Crippen molar-refractivity contribution in [2.75, 3.05) is 5.32 Å². The lowest BCUT2D eigenvalue weighted by atomic mass is 10.1. The number of anilines is 1. The standard InChI is InChI=1S/C19H20N6O/c1-11-18(12(2)25(4)23-11)15-10-16(22-21-15)19(26)20-14-6-5-13-7-8-24(3)17(13)9-14/h5-10H,1-4H3,(H,20,26)(H,21,22). The van der Waals surface area contributed by atoms with Crippen molar-refractivity contribution in [2.45, 2.75) is 13.8 Å². The van der Waals surface area contributed by atoms with Crippen molar-refractivity contribution < 1.29 is 4.79 Å². The molecule has 0 atom stereocenters. The molecule has 1 aromatic carbocycles. The first-order chi connectivity index (χ1) is 12.4. The highest BCUT2D eigenvalue weighted by atomic mass is 16.1. The van der Waals surface area contributed by atoms with Crippen LogP contribution in [0.4, 0.5) is 5.69 Å². The van der Waals surface area contributed by atoms with Gasteiger partial charge in [0, 0.05) is 42.8 Å². The summed E-state index contributed by atoms with van der Waals surface area (Å²) in [7, 11) is 3.87. The fourth-order valence-corrected chi connectivity index (χ4v) is 3.25. The maximum absolute atomic E-state index is 12.6. The zero-order chi connectivity index (χ0) is 18.4. The van der Waals surface area contributed by atoms with E-state index in [0.29, 0.717) is 5.69 Å². The molecule has 0 radical (unpaired) electrons. The molecule has 0 bridgehead atoms. The quantitative estimate of drug-likeness (QED) is 0.597. The van der Waals surface area contributed by atoms with E-state index < -0.39 is 0 Å². The van der Waals surface area contributed by atoms with Gasteiger partial charge in [0.05, 0.1) is 11.4 Å². The zero-order valence-electron chi connectivity index (χ0n) is 15.2. The number of nitrogens with zero attached hydrogens (tertiary/aromatic N) is 4. The lowest BCUT2D eigenvalue weighted by Crippen LogP contribution is -2.12. The van der Waals surface area contributed by atoms with Crippen molar-refractivity contribution in [3.63, 3.8) is 0 Å². The number of amides is 1. The van der Waals surface area contributed by atoms with E-state index in [0.717, 1.165) is 39.2 Å². The molecule has 4 rings (SSSR count). The van der Waals surface area contributed by atoms with Crippen molar-refractivity contribution in [2.24, 2.45) is 14.1 Å². The van der Waals surface area contributed by atoms with E-state index in [4.69, 9.17) is 0 Å². The van der Waals surface area contributed by atoms with Crippen LogP contribution < -0.4 is 5.32 Å². The highest BCUT2D eigenvalue weighted by molar-refractivity contribution is 6.04. The number of rotatable bonds is 3. The topological polar surface area (TPSA) is 80.5 Å². The molecule has 2 N–H and O–H groups in total. The minimum atomic E-state index is -0.225. The fraction of sp³-hybridized carbons (Fsp3) is 0.211. The van der Waals surface area contributed by atoms with E-state index in [9.17, 15) is 4.79 Å². The number of hydrogen-bond donors (Lipinski definition) is 2. The van der Waals surface area contributed by atoms with Crippen LogP contribution in [0.3, 0.4) is 0 Å².